The number of rotatable bonds is 3. The molecule has 0 amide bonds. The highest BCUT2D eigenvalue weighted by Crippen LogP contribution is 2.17. The van der Waals surface area contributed by atoms with Crippen LogP contribution >= 0.6 is 28.3 Å². The molecule has 0 bridgehead atoms. The molecule has 1 rings (SSSR count). The highest BCUT2D eigenvalue weighted by atomic mass is 79.9. The maximum Gasteiger partial charge on any atom is 0.141 e. The average molecular weight is 253 g/mol. The van der Waals surface area contributed by atoms with Crippen LogP contribution in [0, 0.1) is 0 Å². The SMILES string of the molecule is CCOc1cccnc1CBr.Cl. The van der Waals surface area contributed by atoms with E-state index in [0.717, 1.165) is 16.8 Å². The van der Waals surface area contributed by atoms with E-state index in [1.165, 1.54) is 0 Å². The second-order valence-corrected chi connectivity index (χ2v) is 2.58. The normalized spacial score (nSPS) is 8.83. The Kier molecular flexibility index (Phi) is 6.11. The van der Waals surface area contributed by atoms with E-state index in [0.29, 0.717) is 6.61 Å². The summed E-state index contributed by atoms with van der Waals surface area (Å²) in [5.41, 5.74) is 0.953. The van der Waals surface area contributed by atoms with E-state index < -0.39 is 0 Å². The lowest BCUT2D eigenvalue weighted by Gasteiger charge is -2.05. The second-order valence-electron chi connectivity index (χ2n) is 2.01. The van der Waals surface area contributed by atoms with Gasteiger partial charge in [0, 0.05) is 11.5 Å². The third kappa shape index (κ3) is 2.99. The molecule has 0 aliphatic heterocycles. The van der Waals surface area contributed by atoms with Crippen molar-refractivity contribution in [2.75, 3.05) is 6.61 Å². The van der Waals surface area contributed by atoms with Crippen molar-refractivity contribution in [3.63, 3.8) is 0 Å². The molecule has 0 atom stereocenters. The van der Waals surface area contributed by atoms with E-state index in [2.05, 4.69) is 20.9 Å². The van der Waals surface area contributed by atoms with Crippen LogP contribution in [-0.2, 0) is 5.33 Å². The topological polar surface area (TPSA) is 22.1 Å². The minimum Gasteiger partial charge on any atom is -0.492 e. The number of pyridine rings is 1. The summed E-state index contributed by atoms with van der Waals surface area (Å²) in [7, 11) is 0. The lowest BCUT2D eigenvalue weighted by Crippen LogP contribution is -1.96. The first-order valence-corrected chi connectivity index (χ1v) is 4.63. The summed E-state index contributed by atoms with van der Waals surface area (Å²) in [6.45, 7) is 2.65. The fourth-order valence-corrected chi connectivity index (χ4v) is 1.23. The number of ether oxygens (including phenoxy) is 1. The van der Waals surface area contributed by atoms with E-state index in [1.54, 1.807) is 6.20 Å². The molecule has 1 aromatic heterocycles. The number of aromatic nitrogens is 1. The predicted molar refractivity (Wildman–Crippen MR) is 55.3 cm³/mol. The minimum atomic E-state index is 0. The van der Waals surface area contributed by atoms with Gasteiger partial charge >= 0.3 is 0 Å². The minimum absolute atomic E-state index is 0. The largest absolute Gasteiger partial charge is 0.492 e. The van der Waals surface area contributed by atoms with Crippen molar-refractivity contribution in [1.29, 1.82) is 0 Å². The first-order chi connectivity index (χ1) is 5.38. The highest BCUT2D eigenvalue weighted by Gasteiger charge is 1.99. The van der Waals surface area contributed by atoms with Gasteiger partial charge in [-0.15, -0.1) is 12.4 Å². The Morgan fingerprint density at radius 2 is 2.33 bits per heavy atom. The number of hydrogen-bond donors (Lipinski definition) is 0. The van der Waals surface area contributed by atoms with Crippen LogP contribution in [0.15, 0.2) is 18.3 Å². The Morgan fingerprint density at radius 1 is 1.58 bits per heavy atom. The maximum atomic E-state index is 5.34. The molecule has 0 aliphatic rings. The lowest BCUT2D eigenvalue weighted by atomic mass is 10.3. The molecule has 1 aromatic rings. The van der Waals surface area contributed by atoms with Crippen LogP contribution in [0.5, 0.6) is 5.75 Å². The van der Waals surface area contributed by atoms with Gasteiger partial charge in [-0.1, -0.05) is 15.9 Å². The van der Waals surface area contributed by atoms with Gasteiger partial charge in [-0.25, -0.2) is 0 Å². The van der Waals surface area contributed by atoms with E-state index in [4.69, 9.17) is 4.74 Å². The van der Waals surface area contributed by atoms with Gasteiger partial charge in [-0.05, 0) is 19.1 Å². The smallest absolute Gasteiger partial charge is 0.141 e. The van der Waals surface area contributed by atoms with E-state index >= 15 is 0 Å². The highest BCUT2D eigenvalue weighted by molar-refractivity contribution is 9.08. The number of hydrogen-bond acceptors (Lipinski definition) is 2. The molecule has 0 saturated carbocycles. The average Bonchev–Trinajstić information content (AvgIpc) is 2.06. The number of halogens is 2. The molecule has 4 heteroatoms. The molecule has 1 heterocycles. The predicted octanol–water partition coefficient (Wildman–Crippen LogP) is 2.80. The Bertz CT molecular complexity index is 232. The van der Waals surface area contributed by atoms with Crippen LogP contribution in [0.2, 0.25) is 0 Å². The van der Waals surface area contributed by atoms with Crippen molar-refractivity contribution < 1.29 is 4.74 Å². The molecule has 0 radical (unpaired) electrons. The molecule has 0 unspecified atom stereocenters. The third-order valence-electron chi connectivity index (χ3n) is 1.27. The molecule has 68 valence electrons. The first-order valence-electron chi connectivity index (χ1n) is 3.51. The van der Waals surface area contributed by atoms with Crippen LogP contribution in [0.4, 0.5) is 0 Å². The zero-order valence-corrected chi connectivity index (χ0v) is 9.19. The summed E-state index contributed by atoms with van der Waals surface area (Å²) in [6.07, 6.45) is 1.76. The van der Waals surface area contributed by atoms with Crippen molar-refractivity contribution in [2.24, 2.45) is 0 Å². The van der Waals surface area contributed by atoms with Gasteiger partial charge in [0.2, 0.25) is 0 Å². The van der Waals surface area contributed by atoms with Crippen LogP contribution in [0.1, 0.15) is 12.6 Å². The Labute approximate surface area is 86.9 Å². The fraction of sp³-hybridized carbons (Fsp3) is 0.375. The Morgan fingerprint density at radius 3 is 2.92 bits per heavy atom. The molecule has 0 aliphatic carbocycles. The molecule has 0 fully saturated rings. The van der Waals surface area contributed by atoms with Gasteiger partial charge in [0.05, 0.1) is 12.3 Å². The second kappa shape index (κ2) is 6.26. The van der Waals surface area contributed by atoms with E-state index in [-0.39, 0.29) is 12.4 Å². The van der Waals surface area contributed by atoms with Crippen molar-refractivity contribution >= 4 is 28.3 Å². The van der Waals surface area contributed by atoms with E-state index in [9.17, 15) is 0 Å². The first kappa shape index (κ1) is 11.7. The maximum absolute atomic E-state index is 5.34. The summed E-state index contributed by atoms with van der Waals surface area (Å²) >= 11 is 3.34. The third-order valence-corrected chi connectivity index (χ3v) is 1.81. The summed E-state index contributed by atoms with van der Waals surface area (Å²) in [5, 5.41) is 0.739. The van der Waals surface area contributed by atoms with Crippen molar-refractivity contribution in [3.8, 4) is 5.75 Å². The van der Waals surface area contributed by atoms with Gasteiger partial charge in [-0.2, -0.15) is 0 Å². The van der Waals surface area contributed by atoms with Crippen LogP contribution in [-0.4, -0.2) is 11.6 Å². The zero-order valence-electron chi connectivity index (χ0n) is 6.79. The standard InChI is InChI=1S/C8H10BrNO.ClH/c1-2-11-8-4-3-5-10-7(8)6-9;/h3-5H,2,6H2,1H3;1H. The van der Waals surface area contributed by atoms with Gasteiger partial charge in [0.25, 0.3) is 0 Å². The monoisotopic (exact) mass is 251 g/mol. The molecule has 0 spiro atoms. The van der Waals surface area contributed by atoms with Gasteiger partial charge < -0.3 is 4.74 Å². The fourth-order valence-electron chi connectivity index (χ4n) is 0.811. The van der Waals surface area contributed by atoms with E-state index in [1.807, 2.05) is 19.1 Å². The van der Waals surface area contributed by atoms with Crippen molar-refractivity contribution in [3.05, 3.63) is 24.0 Å². The Balaban J connectivity index is 0.00000121. The van der Waals surface area contributed by atoms with Crippen LogP contribution < -0.4 is 4.74 Å². The lowest BCUT2D eigenvalue weighted by molar-refractivity contribution is 0.336. The number of alkyl halides is 1. The van der Waals surface area contributed by atoms with Gasteiger partial charge in [0.1, 0.15) is 5.75 Å². The summed E-state index contributed by atoms with van der Waals surface area (Å²) in [5.74, 6) is 0.867. The summed E-state index contributed by atoms with van der Waals surface area (Å²) < 4.78 is 5.34. The molecule has 2 nitrogen and oxygen atoms in total. The molecule has 0 saturated heterocycles. The van der Waals surface area contributed by atoms with Crippen molar-refractivity contribution in [2.45, 2.75) is 12.3 Å². The van der Waals surface area contributed by atoms with Gasteiger partial charge in [0.15, 0.2) is 0 Å². The van der Waals surface area contributed by atoms with Crippen LogP contribution in [0.3, 0.4) is 0 Å². The Hall–Kier alpha value is -0.280. The summed E-state index contributed by atoms with van der Waals surface area (Å²) in [4.78, 5) is 4.14. The van der Waals surface area contributed by atoms with Gasteiger partial charge in [-0.3, -0.25) is 4.98 Å². The molecule has 0 aromatic carbocycles. The molecular formula is C8H11BrClNO. The molecular weight excluding hydrogens is 241 g/mol. The van der Waals surface area contributed by atoms with Crippen LogP contribution in [0.25, 0.3) is 0 Å². The zero-order chi connectivity index (χ0) is 8.10. The molecule has 0 N–H and O–H groups in total. The van der Waals surface area contributed by atoms with Crippen molar-refractivity contribution in [1.82, 2.24) is 4.98 Å². The quantitative estimate of drug-likeness (QED) is 0.772. The number of nitrogens with zero attached hydrogens (tertiary/aromatic N) is 1. The summed E-state index contributed by atoms with van der Waals surface area (Å²) in [6, 6.07) is 3.80. The molecule has 12 heavy (non-hydrogen) atoms.